The van der Waals surface area contributed by atoms with Gasteiger partial charge in [0, 0.05) is 12.7 Å². The molecule has 0 radical (unpaired) electrons. The standard InChI is InChI=1S/C17H19N3O5/c1-3-25-15(21)8-9-19-11-12(10-18)16(22)20-14-7-5-4-6-13(14)17(23)24-2/h4-7,11,19H,3,8-9H2,1-2H3,(H,20,22)/b12-11-. The zero-order valence-electron chi connectivity index (χ0n) is 14.0. The van der Waals surface area contributed by atoms with Crippen molar-refractivity contribution in [1.29, 1.82) is 5.26 Å². The lowest BCUT2D eigenvalue weighted by atomic mass is 10.1. The lowest BCUT2D eigenvalue weighted by Gasteiger charge is -2.09. The molecule has 0 unspecified atom stereocenters. The normalized spacial score (nSPS) is 10.4. The van der Waals surface area contributed by atoms with Gasteiger partial charge in [-0.05, 0) is 19.1 Å². The summed E-state index contributed by atoms with van der Waals surface area (Å²) < 4.78 is 9.40. The number of ether oxygens (including phenoxy) is 2. The Bertz CT molecular complexity index is 706. The van der Waals surface area contributed by atoms with Gasteiger partial charge in [0.1, 0.15) is 11.6 Å². The van der Waals surface area contributed by atoms with Crippen molar-refractivity contribution >= 4 is 23.5 Å². The molecule has 0 atom stereocenters. The molecule has 0 spiro atoms. The number of rotatable bonds is 8. The number of anilines is 1. The van der Waals surface area contributed by atoms with E-state index in [1.54, 1.807) is 25.1 Å². The van der Waals surface area contributed by atoms with Crippen LogP contribution in [0.5, 0.6) is 0 Å². The predicted octanol–water partition coefficient (Wildman–Crippen LogP) is 1.36. The lowest BCUT2D eigenvalue weighted by molar-refractivity contribution is -0.142. The van der Waals surface area contributed by atoms with Crippen LogP contribution in [0.4, 0.5) is 5.69 Å². The summed E-state index contributed by atoms with van der Waals surface area (Å²) in [5, 5.41) is 14.3. The fourth-order valence-electron chi connectivity index (χ4n) is 1.80. The highest BCUT2D eigenvalue weighted by Crippen LogP contribution is 2.16. The molecule has 1 rings (SSSR count). The SMILES string of the molecule is CCOC(=O)CCN/C=C(/C#N)C(=O)Nc1ccccc1C(=O)OC. The van der Waals surface area contributed by atoms with E-state index in [1.807, 2.05) is 0 Å². The minimum atomic E-state index is -0.692. The molecule has 1 aromatic carbocycles. The van der Waals surface area contributed by atoms with Crippen molar-refractivity contribution in [3.8, 4) is 6.07 Å². The summed E-state index contributed by atoms with van der Waals surface area (Å²) in [4.78, 5) is 35.0. The number of para-hydroxylation sites is 1. The molecule has 0 bridgehead atoms. The number of nitrogens with zero attached hydrogens (tertiary/aromatic N) is 1. The Kier molecular flexibility index (Phi) is 8.23. The smallest absolute Gasteiger partial charge is 0.339 e. The van der Waals surface area contributed by atoms with Crippen LogP contribution in [0.25, 0.3) is 0 Å². The first kappa shape index (κ1) is 19.7. The maximum Gasteiger partial charge on any atom is 0.339 e. The topological polar surface area (TPSA) is 118 Å². The monoisotopic (exact) mass is 345 g/mol. The molecule has 1 amide bonds. The predicted molar refractivity (Wildman–Crippen MR) is 89.4 cm³/mol. The maximum atomic E-state index is 12.2. The van der Waals surface area contributed by atoms with Crippen molar-refractivity contribution in [3.63, 3.8) is 0 Å². The summed E-state index contributed by atoms with van der Waals surface area (Å²) >= 11 is 0. The Morgan fingerprint density at radius 3 is 2.64 bits per heavy atom. The number of methoxy groups -OCH3 is 1. The largest absolute Gasteiger partial charge is 0.466 e. The van der Waals surface area contributed by atoms with Crippen molar-refractivity contribution in [2.75, 3.05) is 25.6 Å². The van der Waals surface area contributed by atoms with E-state index in [0.29, 0.717) is 6.61 Å². The second-order valence-electron chi connectivity index (χ2n) is 4.67. The molecule has 0 aliphatic carbocycles. The Balaban J connectivity index is 2.71. The Hall–Kier alpha value is -3.34. The molecule has 0 aliphatic rings. The van der Waals surface area contributed by atoms with Crippen LogP contribution in [0.3, 0.4) is 0 Å². The summed E-state index contributed by atoms with van der Waals surface area (Å²) in [5.74, 6) is -1.67. The number of carbonyl (C=O) groups is 3. The van der Waals surface area contributed by atoms with Crippen molar-refractivity contribution in [3.05, 3.63) is 41.6 Å². The number of hydrogen-bond donors (Lipinski definition) is 2. The second kappa shape index (κ2) is 10.4. The van der Waals surface area contributed by atoms with E-state index in [2.05, 4.69) is 15.4 Å². The highest BCUT2D eigenvalue weighted by atomic mass is 16.5. The van der Waals surface area contributed by atoms with Gasteiger partial charge in [-0.25, -0.2) is 4.79 Å². The average molecular weight is 345 g/mol. The molecule has 0 saturated heterocycles. The van der Waals surface area contributed by atoms with Crippen LogP contribution >= 0.6 is 0 Å². The molecule has 0 aromatic heterocycles. The Morgan fingerprint density at radius 2 is 2.00 bits per heavy atom. The quantitative estimate of drug-likeness (QED) is 0.316. The molecule has 25 heavy (non-hydrogen) atoms. The zero-order chi connectivity index (χ0) is 18.7. The number of carbonyl (C=O) groups excluding carboxylic acids is 3. The van der Waals surface area contributed by atoms with Gasteiger partial charge in [0.25, 0.3) is 5.91 Å². The molecule has 132 valence electrons. The first-order valence-corrected chi connectivity index (χ1v) is 7.51. The van der Waals surface area contributed by atoms with E-state index in [-0.39, 0.29) is 35.8 Å². The minimum absolute atomic E-state index is 0.107. The Labute approximate surface area is 145 Å². The third kappa shape index (κ3) is 6.35. The number of benzene rings is 1. The molecule has 2 N–H and O–H groups in total. The van der Waals surface area contributed by atoms with Crippen molar-refractivity contribution in [1.82, 2.24) is 5.32 Å². The van der Waals surface area contributed by atoms with E-state index < -0.39 is 11.9 Å². The highest BCUT2D eigenvalue weighted by molar-refractivity contribution is 6.09. The summed E-state index contributed by atoms with van der Waals surface area (Å²) in [7, 11) is 1.23. The van der Waals surface area contributed by atoms with E-state index in [0.717, 1.165) is 0 Å². The van der Waals surface area contributed by atoms with Gasteiger partial charge < -0.3 is 20.1 Å². The second-order valence-corrected chi connectivity index (χ2v) is 4.67. The van der Waals surface area contributed by atoms with Gasteiger partial charge in [0.2, 0.25) is 0 Å². The third-order valence-electron chi connectivity index (χ3n) is 2.97. The van der Waals surface area contributed by atoms with Crippen LogP contribution in [0.2, 0.25) is 0 Å². The van der Waals surface area contributed by atoms with Crippen LogP contribution in [0, 0.1) is 11.3 Å². The highest BCUT2D eigenvalue weighted by Gasteiger charge is 2.15. The molecular formula is C17H19N3O5. The fraction of sp³-hybridized carbons (Fsp3) is 0.294. The first-order chi connectivity index (χ1) is 12.0. The first-order valence-electron chi connectivity index (χ1n) is 7.51. The van der Waals surface area contributed by atoms with Gasteiger partial charge in [-0.15, -0.1) is 0 Å². The van der Waals surface area contributed by atoms with Gasteiger partial charge in [-0.3, -0.25) is 9.59 Å². The molecule has 8 nitrogen and oxygen atoms in total. The van der Waals surface area contributed by atoms with Crippen molar-refractivity contribution < 1.29 is 23.9 Å². The van der Waals surface area contributed by atoms with E-state index in [4.69, 9.17) is 10.00 Å². The average Bonchev–Trinajstić information content (AvgIpc) is 2.61. The number of nitriles is 1. The molecule has 0 saturated carbocycles. The number of nitrogens with one attached hydrogen (secondary N) is 2. The van der Waals surface area contributed by atoms with Crippen molar-refractivity contribution in [2.45, 2.75) is 13.3 Å². The van der Waals surface area contributed by atoms with Crippen molar-refractivity contribution in [2.24, 2.45) is 0 Å². The van der Waals surface area contributed by atoms with E-state index in [9.17, 15) is 14.4 Å². The summed E-state index contributed by atoms with van der Waals surface area (Å²) in [6.45, 7) is 2.21. The fourth-order valence-corrected chi connectivity index (χ4v) is 1.80. The van der Waals surface area contributed by atoms with Crippen LogP contribution in [0.15, 0.2) is 36.0 Å². The number of hydrogen-bond acceptors (Lipinski definition) is 7. The molecule has 0 heterocycles. The molecule has 0 aliphatic heterocycles. The minimum Gasteiger partial charge on any atom is -0.466 e. The van der Waals surface area contributed by atoms with E-state index >= 15 is 0 Å². The molecule has 1 aromatic rings. The van der Waals surface area contributed by atoms with Crippen LogP contribution in [0.1, 0.15) is 23.7 Å². The van der Waals surface area contributed by atoms with E-state index in [1.165, 1.54) is 25.4 Å². The van der Waals surface area contributed by atoms with Gasteiger partial charge in [0.15, 0.2) is 0 Å². The summed E-state index contributed by atoms with van der Waals surface area (Å²) in [5.41, 5.74) is 0.196. The molecular weight excluding hydrogens is 326 g/mol. The zero-order valence-corrected chi connectivity index (χ0v) is 14.0. The van der Waals surface area contributed by atoms with Gasteiger partial charge in [0.05, 0.1) is 31.4 Å². The van der Waals surface area contributed by atoms with Gasteiger partial charge >= 0.3 is 11.9 Å². The number of esters is 2. The Morgan fingerprint density at radius 1 is 1.28 bits per heavy atom. The van der Waals surface area contributed by atoms with Gasteiger partial charge in [-0.1, -0.05) is 12.1 Å². The summed E-state index contributed by atoms with van der Waals surface area (Å²) in [6, 6.07) is 8.03. The molecule has 8 heteroatoms. The third-order valence-corrected chi connectivity index (χ3v) is 2.97. The van der Waals surface area contributed by atoms with Crippen LogP contribution < -0.4 is 10.6 Å². The number of amides is 1. The molecule has 0 fully saturated rings. The lowest BCUT2D eigenvalue weighted by Crippen LogP contribution is -2.20. The summed E-state index contributed by atoms with van der Waals surface area (Å²) in [6.07, 6.45) is 1.31. The van der Waals surface area contributed by atoms with Gasteiger partial charge in [-0.2, -0.15) is 5.26 Å². The van der Waals surface area contributed by atoms with Crippen LogP contribution in [-0.2, 0) is 19.1 Å². The van der Waals surface area contributed by atoms with Crippen LogP contribution in [-0.4, -0.2) is 38.1 Å². The maximum absolute atomic E-state index is 12.2.